The zero-order valence-electron chi connectivity index (χ0n) is 14.0. The Hall–Kier alpha value is -2.17. The van der Waals surface area contributed by atoms with Crippen LogP contribution >= 0.6 is 11.3 Å². The molecule has 24 heavy (non-hydrogen) atoms. The van der Waals surface area contributed by atoms with Crippen LogP contribution < -0.4 is 10.1 Å². The molecule has 124 valence electrons. The van der Waals surface area contributed by atoms with Gasteiger partial charge in [-0.15, -0.1) is 0 Å². The Morgan fingerprint density at radius 1 is 1.17 bits per heavy atom. The van der Waals surface area contributed by atoms with Crippen LogP contribution in [0.4, 0.5) is 0 Å². The van der Waals surface area contributed by atoms with Crippen LogP contribution in [0.2, 0.25) is 0 Å². The standard InChI is InChI=1S/C20H22N2OS/c1-15-6-7-19(21-12-15)20(11-17-8-9-24-14-17)22-13-16-4-3-5-18(10-16)23-2/h3-10,12,14,20,22H,11,13H2,1-2H3. The van der Waals surface area contributed by atoms with Crippen molar-refractivity contribution in [1.29, 1.82) is 0 Å². The Morgan fingerprint density at radius 2 is 2.08 bits per heavy atom. The summed E-state index contributed by atoms with van der Waals surface area (Å²) in [7, 11) is 1.70. The summed E-state index contributed by atoms with van der Waals surface area (Å²) in [6.07, 6.45) is 2.87. The summed E-state index contributed by atoms with van der Waals surface area (Å²) in [4.78, 5) is 4.62. The summed E-state index contributed by atoms with van der Waals surface area (Å²) in [6.45, 7) is 2.84. The fourth-order valence-corrected chi connectivity index (χ4v) is 3.32. The second kappa shape index (κ2) is 8.08. The molecular formula is C20H22N2OS. The molecule has 1 aromatic carbocycles. The van der Waals surface area contributed by atoms with E-state index >= 15 is 0 Å². The van der Waals surface area contributed by atoms with E-state index in [9.17, 15) is 0 Å². The van der Waals surface area contributed by atoms with Gasteiger partial charge in [0.2, 0.25) is 0 Å². The van der Waals surface area contributed by atoms with Gasteiger partial charge >= 0.3 is 0 Å². The van der Waals surface area contributed by atoms with Crippen LogP contribution in [0, 0.1) is 6.92 Å². The average molecular weight is 338 g/mol. The molecule has 0 aliphatic rings. The van der Waals surface area contributed by atoms with Crippen molar-refractivity contribution in [2.24, 2.45) is 0 Å². The largest absolute Gasteiger partial charge is 0.497 e. The van der Waals surface area contributed by atoms with E-state index in [1.807, 2.05) is 18.3 Å². The number of aromatic nitrogens is 1. The molecule has 0 aliphatic heterocycles. The molecule has 2 heterocycles. The topological polar surface area (TPSA) is 34.1 Å². The van der Waals surface area contributed by atoms with Crippen LogP contribution in [0.25, 0.3) is 0 Å². The highest BCUT2D eigenvalue weighted by molar-refractivity contribution is 7.07. The minimum Gasteiger partial charge on any atom is -0.497 e. The predicted molar refractivity (Wildman–Crippen MR) is 99.6 cm³/mol. The van der Waals surface area contributed by atoms with Gasteiger partial charge < -0.3 is 10.1 Å². The molecule has 0 saturated heterocycles. The molecule has 3 nitrogen and oxygen atoms in total. The number of hydrogen-bond donors (Lipinski definition) is 1. The Balaban J connectivity index is 1.75. The van der Waals surface area contributed by atoms with E-state index < -0.39 is 0 Å². The van der Waals surface area contributed by atoms with Crippen LogP contribution in [0.15, 0.2) is 59.4 Å². The highest BCUT2D eigenvalue weighted by atomic mass is 32.1. The maximum Gasteiger partial charge on any atom is 0.119 e. The maximum absolute atomic E-state index is 5.31. The molecule has 0 amide bonds. The van der Waals surface area contributed by atoms with Gasteiger partial charge in [0.1, 0.15) is 5.75 Å². The van der Waals surface area contributed by atoms with Crippen molar-refractivity contribution >= 4 is 11.3 Å². The number of nitrogens with one attached hydrogen (secondary N) is 1. The lowest BCUT2D eigenvalue weighted by Crippen LogP contribution is -2.23. The van der Waals surface area contributed by atoms with Crippen LogP contribution in [0.1, 0.15) is 28.4 Å². The molecule has 1 unspecified atom stereocenters. The smallest absolute Gasteiger partial charge is 0.119 e. The van der Waals surface area contributed by atoms with Crippen molar-refractivity contribution in [2.45, 2.75) is 25.9 Å². The first kappa shape index (κ1) is 16.7. The van der Waals surface area contributed by atoms with Gasteiger partial charge in [-0.3, -0.25) is 4.98 Å². The molecule has 0 spiro atoms. The second-order valence-electron chi connectivity index (χ2n) is 5.88. The summed E-state index contributed by atoms with van der Waals surface area (Å²) >= 11 is 1.73. The second-order valence-corrected chi connectivity index (χ2v) is 6.66. The number of hydrogen-bond acceptors (Lipinski definition) is 4. The number of rotatable bonds is 7. The van der Waals surface area contributed by atoms with Crippen LogP contribution in [-0.2, 0) is 13.0 Å². The molecule has 0 radical (unpaired) electrons. The molecule has 3 rings (SSSR count). The van der Waals surface area contributed by atoms with Crippen molar-refractivity contribution in [2.75, 3.05) is 7.11 Å². The van der Waals surface area contributed by atoms with Gasteiger partial charge in [0.05, 0.1) is 18.8 Å². The molecule has 3 aromatic rings. The van der Waals surface area contributed by atoms with Gasteiger partial charge in [-0.2, -0.15) is 11.3 Å². The monoisotopic (exact) mass is 338 g/mol. The van der Waals surface area contributed by atoms with Crippen molar-refractivity contribution < 1.29 is 4.74 Å². The number of benzene rings is 1. The minimum absolute atomic E-state index is 0.186. The van der Waals surface area contributed by atoms with Gasteiger partial charge in [0, 0.05) is 12.7 Å². The third-order valence-electron chi connectivity index (χ3n) is 4.00. The number of pyridine rings is 1. The summed E-state index contributed by atoms with van der Waals surface area (Å²) in [5.41, 5.74) is 4.80. The SMILES string of the molecule is COc1cccc(CNC(Cc2ccsc2)c2ccc(C)cn2)c1. The van der Waals surface area contributed by atoms with Crippen LogP contribution in [0.5, 0.6) is 5.75 Å². The molecule has 0 bridgehead atoms. The third-order valence-corrected chi connectivity index (χ3v) is 4.73. The number of ether oxygens (including phenoxy) is 1. The van der Waals surface area contributed by atoms with Crippen molar-refractivity contribution in [3.8, 4) is 5.75 Å². The van der Waals surface area contributed by atoms with Gasteiger partial charge in [0.15, 0.2) is 0 Å². The fraction of sp³-hybridized carbons (Fsp3) is 0.250. The van der Waals surface area contributed by atoms with Crippen molar-refractivity contribution in [1.82, 2.24) is 10.3 Å². The molecule has 1 atom stereocenters. The highest BCUT2D eigenvalue weighted by Gasteiger charge is 2.14. The summed E-state index contributed by atoms with van der Waals surface area (Å²) < 4.78 is 5.31. The normalized spacial score (nSPS) is 12.1. The van der Waals surface area contributed by atoms with Gasteiger partial charge in [0.25, 0.3) is 0 Å². The number of methoxy groups -OCH3 is 1. The van der Waals surface area contributed by atoms with Crippen LogP contribution in [0.3, 0.4) is 0 Å². The molecule has 0 saturated carbocycles. The Labute approximate surface area is 147 Å². The minimum atomic E-state index is 0.186. The Morgan fingerprint density at radius 3 is 2.79 bits per heavy atom. The molecule has 0 aliphatic carbocycles. The van der Waals surface area contributed by atoms with Gasteiger partial charge in [-0.1, -0.05) is 18.2 Å². The molecular weight excluding hydrogens is 316 g/mol. The van der Waals surface area contributed by atoms with E-state index in [1.54, 1.807) is 18.4 Å². The fourth-order valence-electron chi connectivity index (χ4n) is 2.63. The predicted octanol–water partition coefficient (Wildman–Crippen LogP) is 4.53. The Bertz CT molecular complexity index is 754. The van der Waals surface area contributed by atoms with E-state index in [0.29, 0.717) is 0 Å². The lowest BCUT2D eigenvalue weighted by atomic mass is 10.0. The number of aryl methyl sites for hydroxylation is 1. The zero-order chi connectivity index (χ0) is 16.8. The summed E-state index contributed by atoms with van der Waals surface area (Å²) in [5.74, 6) is 0.886. The first-order valence-electron chi connectivity index (χ1n) is 8.04. The van der Waals surface area contributed by atoms with Crippen molar-refractivity contribution in [3.63, 3.8) is 0 Å². The van der Waals surface area contributed by atoms with Gasteiger partial charge in [-0.05, 0) is 65.1 Å². The quantitative estimate of drug-likeness (QED) is 0.687. The van der Waals surface area contributed by atoms with E-state index in [4.69, 9.17) is 4.74 Å². The van der Waals surface area contributed by atoms with Crippen molar-refractivity contribution in [3.05, 3.63) is 81.8 Å². The first-order chi connectivity index (χ1) is 11.7. The lowest BCUT2D eigenvalue weighted by molar-refractivity contribution is 0.413. The van der Waals surface area contributed by atoms with Crippen LogP contribution in [-0.4, -0.2) is 12.1 Å². The molecule has 2 aromatic heterocycles. The highest BCUT2D eigenvalue weighted by Crippen LogP contribution is 2.20. The van der Waals surface area contributed by atoms with E-state index in [-0.39, 0.29) is 6.04 Å². The Kier molecular flexibility index (Phi) is 5.62. The zero-order valence-corrected chi connectivity index (χ0v) is 14.8. The summed E-state index contributed by atoms with van der Waals surface area (Å²) in [5, 5.41) is 7.97. The maximum atomic E-state index is 5.31. The number of nitrogens with zero attached hydrogens (tertiary/aromatic N) is 1. The average Bonchev–Trinajstić information content (AvgIpc) is 3.13. The molecule has 0 fully saturated rings. The third kappa shape index (κ3) is 4.43. The van der Waals surface area contributed by atoms with E-state index in [1.165, 1.54) is 16.7 Å². The molecule has 1 N–H and O–H groups in total. The molecule has 4 heteroatoms. The van der Waals surface area contributed by atoms with E-state index in [0.717, 1.165) is 24.4 Å². The summed E-state index contributed by atoms with van der Waals surface area (Å²) in [6, 6.07) is 14.8. The first-order valence-corrected chi connectivity index (χ1v) is 8.99. The number of thiophene rings is 1. The van der Waals surface area contributed by atoms with E-state index in [2.05, 4.69) is 58.3 Å². The van der Waals surface area contributed by atoms with Gasteiger partial charge in [-0.25, -0.2) is 0 Å². The lowest BCUT2D eigenvalue weighted by Gasteiger charge is -2.18.